The van der Waals surface area contributed by atoms with Crippen LogP contribution in [0.25, 0.3) is 15.9 Å². The minimum atomic E-state index is 0.0206. The molecule has 0 aliphatic heterocycles. The standard InChI is InChI=1S/C20H19BrN2O2S2/c1-12(21)11-26-20-22-18-17(15-5-3-4-6-16(15)27-18)19(24)23(20)13-7-9-14(25-2)10-8-13/h7-10H,1,3-6,11H2,2H3. The van der Waals surface area contributed by atoms with Gasteiger partial charge in [0.1, 0.15) is 10.6 Å². The van der Waals surface area contributed by atoms with Gasteiger partial charge in [-0.15, -0.1) is 11.3 Å². The van der Waals surface area contributed by atoms with Gasteiger partial charge in [0.05, 0.1) is 18.2 Å². The van der Waals surface area contributed by atoms with E-state index in [1.54, 1.807) is 23.0 Å². The molecule has 0 bridgehead atoms. The lowest BCUT2D eigenvalue weighted by atomic mass is 9.97. The predicted octanol–water partition coefficient (Wildman–Crippen LogP) is 5.34. The molecule has 2 heterocycles. The predicted molar refractivity (Wildman–Crippen MR) is 117 cm³/mol. The number of thioether (sulfide) groups is 1. The molecule has 2 aromatic heterocycles. The summed E-state index contributed by atoms with van der Waals surface area (Å²) in [6.07, 6.45) is 4.36. The van der Waals surface area contributed by atoms with Crippen LogP contribution in [0, 0.1) is 0 Å². The fourth-order valence-corrected chi connectivity index (χ4v) is 5.80. The molecule has 4 rings (SSSR count). The van der Waals surface area contributed by atoms with E-state index in [0.717, 1.165) is 45.4 Å². The molecular weight excluding hydrogens is 444 g/mol. The Bertz CT molecular complexity index is 1070. The van der Waals surface area contributed by atoms with Crippen molar-refractivity contribution >= 4 is 49.2 Å². The first kappa shape index (κ1) is 18.8. The Labute approximate surface area is 174 Å². The Balaban J connectivity index is 1.94. The highest BCUT2D eigenvalue weighted by Crippen LogP contribution is 2.35. The summed E-state index contributed by atoms with van der Waals surface area (Å²) in [7, 11) is 1.63. The largest absolute Gasteiger partial charge is 0.497 e. The van der Waals surface area contributed by atoms with Gasteiger partial charge in [0.15, 0.2) is 5.16 Å². The average molecular weight is 463 g/mol. The molecule has 0 fully saturated rings. The number of hydrogen-bond acceptors (Lipinski definition) is 5. The van der Waals surface area contributed by atoms with Gasteiger partial charge in [0.2, 0.25) is 0 Å². The Morgan fingerprint density at radius 2 is 2.07 bits per heavy atom. The van der Waals surface area contributed by atoms with Crippen LogP contribution in [-0.4, -0.2) is 22.4 Å². The summed E-state index contributed by atoms with van der Waals surface area (Å²) in [4.78, 5) is 20.6. The maximum absolute atomic E-state index is 13.5. The van der Waals surface area contributed by atoms with Gasteiger partial charge in [0, 0.05) is 10.6 Å². The third kappa shape index (κ3) is 3.60. The summed E-state index contributed by atoms with van der Waals surface area (Å²) in [5.41, 5.74) is 2.03. The van der Waals surface area contributed by atoms with Crippen molar-refractivity contribution in [1.29, 1.82) is 0 Å². The number of fused-ring (bicyclic) bond motifs is 3. The lowest BCUT2D eigenvalue weighted by Crippen LogP contribution is -2.22. The van der Waals surface area contributed by atoms with E-state index in [-0.39, 0.29) is 5.56 Å². The zero-order valence-electron chi connectivity index (χ0n) is 15.0. The van der Waals surface area contributed by atoms with Crippen LogP contribution in [0.3, 0.4) is 0 Å². The van der Waals surface area contributed by atoms with E-state index in [1.165, 1.54) is 28.6 Å². The third-order valence-electron chi connectivity index (χ3n) is 4.65. The molecule has 0 spiro atoms. The number of aromatic nitrogens is 2. The van der Waals surface area contributed by atoms with Crippen molar-refractivity contribution in [2.75, 3.05) is 12.9 Å². The number of ether oxygens (including phenoxy) is 1. The maximum Gasteiger partial charge on any atom is 0.267 e. The Morgan fingerprint density at radius 3 is 2.78 bits per heavy atom. The highest BCUT2D eigenvalue weighted by atomic mass is 79.9. The Hall–Kier alpha value is -1.57. The molecule has 1 aliphatic carbocycles. The number of thiophene rings is 1. The summed E-state index contributed by atoms with van der Waals surface area (Å²) < 4.78 is 7.85. The number of rotatable bonds is 5. The minimum Gasteiger partial charge on any atom is -0.497 e. The minimum absolute atomic E-state index is 0.0206. The Kier molecular flexibility index (Phi) is 5.43. The second kappa shape index (κ2) is 7.81. The molecule has 7 heteroatoms. The first-order valence-corrected chi connectivity index (χ1v) is 11.4. The molecule has 0 N–H and O–H groups in total. The fourth-order valence-electron chi connectivity index (χ4n) is 3.38. The van der Waals surface area contributed by atoms with E-state index in [0.29, 0.717) is 10.9 Å². The zero-order valence-corrected chi connectivity index (χ0v) is 18.2. The van der Waals surface area contributed by atoms with Crippen molar-refractivity contribution in [3.8, 4) is 11.4 Å². The van der Waals surface area contributed by atoms with Crippen molar-refractivity contribution in [2.24, 2.45) is 0 Å². The average Bonchev–Trinajstić information content (AvgIpc) is 3.05. The van der Waals surface area contributed by atoms with E-state index in [4.69, 9.17) is 9.72 Å². The second-order valence-electron chi connectivity index (χ2n) is 6.43. The maximum atomic E-state index is 13.5. The van der Waals surface area contributed by atoms with E-state index < -0.39 is 0 Å². The molecule has 0 unspecified atom stereocenters. The van der Waals surface area contributed by atoms with Crippen LogP contribution in [-0.2, 0) is 12.8 Å². The number of hydrogen-bond donors (Lipinski definition) is 0. The number of nitrogens with zero attached hydrogens (tertiary/aromatic N) is 2. The quantitative estimate of drug-likeness (QED) is 0.379. The van der Waals surface area contributed by atoms with E-state index >= 15 is 0 Å². The number of aryl methyl sites for hydroxylation is 2. The molecule has 0 saturated heterocycles. The first-order chi connectivity index (χ1) is 13.1. The van der Waals surface area contributed by atoms with E-state index in [1.807, 2.05) is 24.3 Å². The van der Waals surface area contributed by atoms with Crippen molar-refractivity contribution in [3.05, 3.63) is 56.1 Å². The van der Waals surface area contributed by atoms with Crippen LogP contribution < -0.4 is 10.3 Å². The van der Waals surface area contributed by atoms with E-state index in [9.17, 15) is 4.79 Å². The first-order valence-electron chi connectivity index (χ1n) is 8.76. The SMILES string of the molecule is C=C(Br)CSc1nc2sc3c(c2c(=O)n1-c1ccc(OC)cc1)CCCC3. The zero-order chi connectivity index (χ0) is 19.0. The highest BCUT2D eigenvalue weighted by Gasteiger charge is 2.22. The summed E-state index contributed by atoms with van der Waals surface area (Å²) >= 11 is 6.60. The topological polar surface area (TPSA) is 44.1 Å². The molecule has 1 aromatic carbocycles. The van der Waals surface area contributed by atoms with Crippen LogP contribution in [0.15, 0.2) is 45.3 Å². The van der Waals surface area contributed by atoms with Crippen molar-refractivity contribution in [3.63, 3.8) is 0 Å². The van der Waals surface area contributed by atoms with Crippen molar-refractivity contribution in [1.82, 2.24) is 9.55 Å². The third-order valence-corrected chi connectivity index (χ3v) is 7.51. The van der Waals surface area contributed by atoms with Crippen LogP contribution in [0.5, 0.6) is 5.75 Å². The lowest BCUT2D eigenvalue weighted by molar-refractivity contribution is 0.414. The lowest BCUT2D eigenvalue weighted by Gasteiger charge is -2.14. The number of methoxy groups -OCH3 is 1. The van der Waals surface area contributed by atoms with Crippen LogP contribution in [0.4, 0.5) is 0 Å². The molecule has 0 amide bonds. The molecule has 0 atom stereocenters. The van der Waals surface area contributed by atoms with Gasteiger partial charge in [0.25, 0.3) is 5.56 Å². The number of benzene rings is 1. The molecule has 0 radical (unpaired) electrons. The Morgan fingerprint density at radius 1 is 1.33 bits per heavy atom. The molecule has 1 aliphatic rings. The number of halogens is 1. The van der Waals surface area contributed by atoms with Gasteiger partial charge in [-0.2, -0.15) is 0 Å². The van der Waals surface area contributed by atoms with Gasteiger partial charge in [-0.1, -0.05) is 34.3 Å². The van der Waals surface area contributed by atoms with Gasteiger partial charge in [-0.05, 0) is 60.0 Å². The smallest absolute Gasteiger partial charge is 0.267 e. The normalized spacial score (nSPS) is 13.6. The van der Waals surface area contributed by atoms with Gasteiger partial charge < -0.3 is 4.74 Å². The molecule has 140 valence electrons. The van der Waals surface area contributed by atoms with Crippen molar-refractivity contribution < 1.29 is 4.74 Å². The summed E-state index contributed by atoms with van der Waals surface area (Å²) in [5.74, 6) is 1.41. The molecule has 0 saturated carbocycles. The summed E-state index contributed by atoms with van der Waals surface area (Å²) in [6, 6.07) is 7.54. The van der Waals surface area contributed by atoms with Gasteiger partial charge in [-0.3, -0.25) is 9.36 Å². The molecule has 4 nitrogen and oxygen atoms in total. The van der Waals surface area contributed by atoms with Crippen LogP contribution in [0.2, 0.25) is 0 Å². The van der Waals surface area contributed by atoms with Gasteiger partial charge in [-0.25, -0.2) is 4.98 Å². The van der Waals surface area contributed by atoms with Gasteiger partial charge >= 0.3 is 0 Å². The van der Waals surface area contributed by atoms with Crippen LogP contribution >= 0.6 is 39.0 Å². The van der Waals surface area contributed by atoms with Crippen molar-refractivity contribution in [2.45, 2.75) is 30.8 Å². The molecule has 27 heavy (non-hydrogen) atoms. The summed E-state index contributed by atoms with van der Waals surface area (Å²) in [5, 5.41) is 1.49. The summed E-state index contributed by atoms with van der Waals surface area (Å²) in [6.45, 7) is 3.90. The second-order valence-corrected chi connectivity index (χ2v) is 9.58. The highest BCUT2D eigenvalue weighted by molar-refractivity contribution is 9.11. The molecule has 3 aromatic rings. The van der Waals surface area contributed by atoms with E-state index in [2.05, 4.69) is 22.5 Å². The van der Waals surface area contributed by atoms with Crippen LogP contribution in [0.1, 0.15) is 23.3 Å². The molecular formula is C20H19BrN2O2S2. The monoisotopic (exact) mass is 462 g/mol. The fraction of sp³-hybridized carbons (Fsp3) is 0.300.